The van der Waals surface area contributed by atoms with Crippen molar-refractivity contribution in [2.45, 2.75) is 0 Å². The van der Waals surface area contributed by atoms with Gasteiger partial charge in [0.15, 0.2) is 0 Å². The first kappa shape index (κ1) is 10.9. The highest BCUT2D eigenvalue weighted by Crippen LogP contribution is 2.12. The van der Waals surface area contributed by atoms with Crippen LogP contribution in [0.25, 0.3) is 0 Å². The highest BCUT2D eigenvalue weighted by molar-refractivity contribution is 6.04. The Morgan fingerprint density at radius 2 is 1.76 bits per heavy atom. The minimum absolute atomic E-state index is 0.234. The molecule has 0 aliphatic rings. The van der Waals surface area contributed by atoms with Gasteiger partial charge in [0, 0.05) is 17.6 Å². The molecule has 5 N–H and O–H groups in total. The maximum atomic E-state index is 11.8. The number of nitrogen functional groups attached to an aromatic ring is 2. The molecule has 5 nitrogen and oxygen atoms in total. The second-order valence-electron chi connectivity index (χ2n) is 3.55. The van der Waals surface area contributed by atoms with E-state index in [4.69, 9.17) is 11.5 Å². The Kier molecular flexibility index (Phi) is 2.91. The molecule has 17 heavy (non-hydrogen) atoms. The lowest BCUT2D eigenvalue weighted by molar-refractivity contribution is 0.102. The van der Waals surface area contributed by atoms with Crippen LogP contribution in [0.3, 0.4) is 0 Å². The van der Waals surface area contributed by atoms with Crippen molar-refractivity contribution in [2.75, 3.05) is 16.8 Å². The number of anilines is 3. The smallest absolute Gasteiger partial charge is 0.257 e. The highest BCUT2D eigenvalue weighted by atomic mass is 16.1. The average molecular weight is 228 g/mol. The first-order chi connectivity index (χ1) is 8.15. The van der Waals surface area contributed by atoms with Crippen LogP contribution in [0.2, 0.25) is 0 Å². The fourth-order valence-electron chi connectivity index (χ4n) is 1.31. The molecular weight excluding hydrogens is 216 g/mol. The summed E-state index contributed by atoms with van der Waals surface area (Å²) in [6, 6.07) is 10.1. The summed E-state index contributed by atoms with van der Waals surface area (Å²) in [4.78, 5) is 15.6. The summed E-state index contributed by atoms with van der Waals surface area (Å²) in [6.07, 6.45) is 1.43. The van der Waals surface area contributed by atoms with Gasteiger partial charge in [-0.25, -0.2) is 4.98 Å². The fraction of sp³-hybridized carbons (Fsp3) is 0. The van der Waals surface area contributed by atoms with Crippen LogP contribution < -0.4 is 16.8 Å². The topological polar surface area (TPSA) is 94.0 Å². The number of carbonyl (C=O) groups is 1. The molecule has 1 aromatic carbocycles. The minimum Gasteiger partial charge on any atom is -0.399 e. The molecule has 0 bridgehead atoms. The van der Waals surface area contributed by atoms with Crippen LogP contribution in [0.5, 0.6) is 0 Å². The van der Waals surface area contributed by atoms with Gasteiger partial charge in [0.2, 0.25) is 0 Å². The zero-order chi connectivity index (χ0) is 12.3. The number of aromatic nitrogens is 1. The molecule has 0 fully saturated rings. The molecule has 1 aromatic heterocycles. The Hall–Kier alpha value is -2.56. The van der Waals surface area contributed by atoms with E-state index < -0.39 is 0 Å². The monoisotopic (exact) mass is 228 g/mol. The number of nitrogens with one attached hydrogen (secondary N) is 1. The van der Waals surface area contributed by atoms with E-state index >= 15 is 0 Å². The Morgan fingerprint density at radius 1 is 1.06 bits per heavy atom. The lowest BCUT2D eigenvalue weighted by Gasteiger charge is -2.05. The number of hydrogen-bond acceptors (Lipinski definition) is 4. The number of nitrogens with zero attached hydrogens (tertiary/aromatic N) is 1. The van der Waals surface area contributed by atoms with Gasteiger partial charge in [-0.05, 0) is 36.4 Å². The van der Waals surface area contributed by atoms with E-state index in [1.807, 2.05) is 0 Å². The number of amides is 1. The van der Waals surface area contributed by atoms with Gasteiger partial charge in [-0.1, -0.05) is 0 Å². The molecule has 0 spiro atoms. The van der Waals surface area contributed by atoms with Crippen LogP contribution >= 0.6 is 0 Å². The molecule has 2 rings (SSSR count). The summed E-state index contributed by atoms with van der Waals surface area (Å²) in [5.41, 5.74) is 12.8. The molecule has 2 aromatic rings. The van der Waals surface area contributed by atoms with E-state index in [0.29, 0.717) is 22.8 Å². The Labute approximate surface area is 98.5 Å². The molecule has 86 valence electrons. The zero-order valence-corrected chi connectivity index (χ0v) is 9.05. The Morgan fingerprint density at radius 3 is 2.35 bits per heavy atom. The predicted octanol–water partition coefficient (Wildman–Crippen LogP) is 1.50. The lowest BCUT2D eigenvalue weighted by atomic mass is 10.2. The van der Waals surface area contributed by atoms with Crippen molar-refractivity contribution in [1.29, 1.82) is 0 Å². The Bertz CT molecular complexity index is 519. The molecule has 0 saturated carbocycles. The van der Waals surface area contributed by atoms with Crippen molar-refractivity contribution < 1.29 is 4.79 Å². The second-order valence-corrected chi connectivity index (χ2v) is 3.55. The van der Waals surface area contributed by atoms with Crippen molar-refractivity contribution in [2.24, 2.45) is 0 Å². The summed E-state index contributed by atoms with van der Waals surface area (Å²) in [6.45, 7) is 0. The van der Waals surface area contributed by atoms with E-state index in [1.165, 1.54) is 6.20 Å². The first-order valence-corrected chi connectivity index (χ1v) is 5.03. The number of nitrogens with two attached hydrogens (primary N) is 2. The molecule has 5 heteroatoms. The molecule has 1 amide bonds. The Balaban J connectivity index is 2.11. The molecule has 0 atom stereocenters. The maximum absolute atomic E-state index is 11.8. The third-order valence-corrected chi connectivity index (χ3v) is 2.22. The number of pyridine rings is 1. The normalized spacial score (nSPS) is 9.88. The largest absolute Gasteiger partial charge is 0.399 e. The van der Waals surface area contributed by atoms with Crippen LogP contribution in [0.1, 0.15) is 10.4 Å². The molecule has 0 radical (unpaired) electrons. The van der Waals surface area contributed by atoms with Crippen LogP contribution in [0, 0.1) is 0 Å². The number of benzene rings is 1. The van der Waals surface area contributed by atoms with Gasteiger partial charge in [0.1, 0.15) is 5.82 Å². The summed E-state index contributed by atoms with van der Waals surface area (Å²) in [5.74, 6) is 0.149. The maximum Gasteiger partial charge on any atom is 0.257 e. The van der Waals surface area contributed by atoms with Crippen LogP contribution in [0.4, 0.5) is 17.2 Å². The molecule has 0 aliphatic carbocycles. The fourth-order valence-corrected chi connectivity index (χ4v) is 1.31. The predicted molar refractivity (Wildman–Crippen MR) is 67.5 cm³/mol. The lowest BCUT2D eigenvalue weighted by Crippen LogP contribution is -2.12. The van der Waals surface area contributed by atoms with Crippen molar-refractivity contribution in [3.8, 4) is 0 Å². The van der Waals surface area contributed by atoms with Gasteiger partial charge in [-0.3, -0.25) is 4.79 Å². The van der Waals surface area contributed by atoms with Crippen LogP contribution in [0.15, 0.2) is 42.6 Å². The van der Waals surface area contributed by atoms with Gasteiger partial charge in [-0.2, -0.15) is 0 Å². The van der Waals surface area contributed by atoms with Crippen molar-refractivity contribution in [1.82, 2.24) is 4.98 Å². The van der Waals surface area contributed by atoms with E-state index in [9.17, 15) is 4.79 Å². The van der Waals surface area contributed by atoms with Gasteiger partial charge < -0.3 is 16.8 Å². The van der Waals surface area contributed by atoms with E-state index in [0.717, 1.165) is 0 Å². The minimum atomic E-state index is -0.234. The summed E-state index contributed by atoms with van der Waals surface area (Å²) >= 11 is 0. The standard InChI is InChI=1S/C12H12N4O/c13-9-2-4-10(5-3-9)16-12(17)8-1-6-11(14)15-7-8/h1-7H,13H2,(H2,14,15)(H,16,17). The van der Waals surface area contributed by atoms with Crippen molar-refractivity contribution in [3.05, 3.63) is 48.2 Å². The number of carbonyl (C=O) groups excluding carboxylic acids is 1. The quantitative estimate of drug-likeness (QED) is 0.679. The molecule has 0 unspecified atom stereocenters. The molecule has 1 heterocycles. The third-order valence-electron chi connectivity index (χ3n) is 2.22. The molecular formula is C12H12N4O. The number of rotatable bonds is 2. The van der Waals surface area contributed by atoms with Crippen LogP contribution in [-0.4, -0.2) is 10.9 Å². The second kappa shape index (κ2) is 4.52. The SMILES string of the molecule is Nc1ccc(NC(=O)c2ccc(N)nc2)cc1. The van der Waals surface area contributed by atoms with Gasteiger partial charge in [0.05, 0.1) is 5.56 Å². The first-order valence-electron chi connectivity index (χ1n) is 5.03. The highest BCUT2D eigenvalue weighted by Gasteiger charge is 2.05. The third kappa shape index (κ3) is 2.72. The average Bonchev–Trinajstić information content (AvgIpc) is 2.33. The van der Waals surface area contributed by atoms with Gasteiger partial charge in [-0.15, -0.1) is 0 Å². The summed E-state index contributed by atoms with van der Waals surface area (Å²) in [5, 5.41) is 2.73. The van der Waals surface area contributed by atoms with Crippen molar-refractivity contribution in [3.63, 3.8) is 0 Å². The zero-order valence-electron chi connectivity index (χ0n) is 9.05. The van der Waals surface area contributed by atoms with Crippen molar-refractivity contribution >= 4 is 23.1 Å². The van der Waals surface area contributed by atoms with E-state index in [-0.39, 0.29) is 5.91 Å². The van der Waals surface area contributed by atoms with E-state index in [1.54, 1.807) is 36.4 Å². The molecule has 0 aliphatic heterocycles. The summed E-state index contributed by atoms with van der Waals surface area (Å²) < 4.78 is 0. The van der Waals surface area contributed by atoms with E-state index in [2.05, 4.69) is 10.3 Å². The molecule has 0 saturated heterocycles. The summed E-state index contributed by atoms with van der Waals surface area (Å²) in [7, 11) is 0. The number of hydrogen-bond donors (Lipinski definition) is 3. The van der Waals surface area contributed by atoms with Gasteiger partial charge in [0.25, 0.3) is 5.91 Å². The van der Waals surface area contributed by atoms with Crippen LogP contribution in [-0.2, 0) is 0 Å². The van der Waals surface area contributed by atoms with Gasteiger partial charge >= 0.3 is 0 Å².